The number of aliphatic carboxylic acids is 1. The van der Waals surface area contributed by atoms with Gasteiger partial charge < -0.3 is 25.6 Å². The Labute approximate surface area is 111 Å². The minimum absolute atomic E-state index is 0.0508. The summed E-state index contributed by atoms with van der Waals surface area (Å²) < 4.78 is 9.17. The zero-order valence-corrected chi connectivity index (χ0v) is 11.0. The maximum absolute atomic E-state index is 11.6. The summed E-state index contributed by atoms with van der Waals surface area (Å²) in [6.07, 6.45) is 0.136. The van der Waals surface area contributed by atoms with Crippen LogP contribution in [0.1, 0.15) is 19.3 Å². The fourth-order valence-electron chi connectivity index (χ4n) is 1.28. The third-order valence-electron chi connectivity index (χ3n) is 2.45. The first-order valence-electron chi connectivity index (χ1n) is 5.76. The zero-order chi connectivity index (χ0) is 14.8. The van der Waals surface area contributed by atoms with Crippen molar-refractivity contribution in [1.29, 1.82) is 0 Å². The molecule has 0 spiro atoms. The predicted molar refractivity (Wildman–Crippen MR) is 65.3 cm³/mol. The van der Waals surface area contributed by atoms with Crippen molar-refractivity contribution in [2.75, 3.05) is 20.8 Å². The average molecular weight is 276 g/mol. The zero-order valence-electron chi connectivity index (χ0n) is 11.0. The van der Waals surface area contributed by atoms with Gasteiger partial charge in [-0.15, -0.1) is 0 Å². The monoisotopic (exact) mass is 276 g/mol. The maximum atomic E-state index is 11.6. The summed E-state index contributed by atoms with van der Waals surface area (Å²) in [5.41, 5.74) is 5.56. The Hall–Kier alpha value is -1.67. The Kier molecular flexibility index (Phi) is 8.47. The summed E-state index contributed by atoms with van der Waals surface area (Å²) in [5, 5.41) is 11.2. The van der Waals surface area contributed by atoms with E-state index in [2.05, 4.69) is 10.1 Å². The number of methoxy groups -OCH3 is 2. The highest BCUT2D eigenvalue weighted by Crippen LogP contribution is 2.01. The second-order valence-electron chi connectivity index (χ2n) is 3.90. The van der Waals surface area contributed by atoms with Crippen LogP contribution in [0, 0.1) is 0 Å². The molecule has 0 aromatic carbocycles. The van der Waals surface area contributed by atoms with E-state index in [0.717, 1.165) is 0 Å². The summed E-state index contributed by atoms with van der Waals surface area (Å²) >= 11 is 0. The third kappa shape index (κ3) is 7.37. The van der Waals surface area contributed by atoms with Crippen LogP contribution in [0.15, 0.2) is 0 Å². The minimum Gasteiger partial charge on any atom is -0.480 e. The van der Waals surface area contributed by atoms with Gasteiger partial charge in [-0.05, 0) is 12.8 Å². The lowest BCUT2D eigenvalue weighted by Gasteiger charge is -2.17. The second kappa shape index (κ2) is 9.29. The normalized spacial score (nSPS) is 13.4. The molecule has 2 unspecified atom stereocenters. The molecule has 8 heteroatoms. The lowest BCUT2D eigenvalue weighted by atomic mass is 10.1. The molecule has 0 aliphatic carbocycles. The van der Waals surface area contributed by atoms with Gasteiger partial charge in [0.2, 0.25) is 5.91 Å². The Balaban J connectivity index is 4.29. The Morgan fingerprint density at radius 2 is 1.89 bits per heavy atom. The van der Waals surface area contributed by atoms with Crippen LogP contribution in [0.3, 0.4) is 0 Å². The SMILES string of the molecule is COCCC(N)C(=O)NC(CCC(=O)OC)C(=O)O. The van der Waals surface area contributed by atoms with E-state index < -0.39 is 29.9 Å². The quantitative estimate of drug-likeness (QED) is 0.455. The molecule has 4 N–H and O–H groups in total. The van der Waals surface area contributed by atoms with Crippen LogP contribution in [0.4, 0.5) is 0 Å². The molecule has 0 saturated heterocycles. The topological polar surface area (TPSA) is 128 Å². The van der Waals surface area contributed by atoms with Crippen molar-refractivity contribution in [1.82, 2.24) is 5.32 Å². The van der Waals surface area contributed by atoms with E-state index in [1.807, 2.05) is 0 Å². The molecule has 0 saturated carbocycles. The van der Waals surface area contributed by atoms with Crippen molar-refractivity contribution in [3.05, 3.63) is 0 Å². The summed E-state index contributed by atoms with van der Waals surface area (Å²) in [4.78, 5) is 33.5. The number of amides is 1. The Morgan fingerprint density at radius 3 is 2.37 bits per heavy atom. The van der Waals surface area contributed by atoms with Crippen molar-refractivity contribution < 1.29 is 29.0 Å². The van der Waals surface area contributed by atoms with Gasteiger partial charge in [0.15, 0.2) is 0 Å². The number of ether oxygens (including phenoxy) is 2. The highest BCUT2D eigenvalue weighted by Gasteiger charge is 2.23. The molecule has 0 radical (unpaired) electrons. The molecule has 1 amide bonds. The molecular formula is C11H20N2O6. The van der Waals surface area contributed by atoms with Crippen molar-refractivity contribution in [3.63, 3.8) is 0 Å². The lowest BCUT2D eigenvalue weighted by Crippen LogP contribution is -2.48. The van der Waals surface area contributed by atoms with Crippen LogP contribution < -0.4 is 11.1 Å². The molecule has 0 bridgehead atoms. The van der Waals surface area contributed by atoms with Gasteiger partial charge in [0.25, 0.3) is 0 Å². The second-order valence-corrected chi connectivity index (χ2v) is 3.90. The molecule has 0 aromatic heterocycles. The number of carbonyl (C=O) groups is 3. The third-order valence-corrected chi connectivity index (χ3v) is 2.45. The number of esters is 1. The van der Waals surface area contributed by atoms with Gasteiger partial charge in [-0.1, -0.05) is 0 Å². The first-order chi connectivity index (χ1) is 8.92. The lowest BCUT2D eigenvalue weighted by molar-refractivity contribution is -0.144. The van der Waals surface area contributed by atoms with Crippen molar-refractivity contribution in [2.45, 2.75) is 31.3 Å². The highest BCUT2D eigenvalue weighted by molar-refractivity contribution is 5.87. The number of hydrogen-bond acceptors (Lipinski definition) is 6. The van der Waals surface area contributed by atoms with Gasteiger partial charge in [0.1, 0.15) is 6.04 Å². The standard InChI is InChI=1S/C11H20N2O6/c1-18-6-5-7(12)10(15)13-8(11(16)17)3-4-9(14)19-2/h7-8H,3-6,12H2,1-2H3,(H,13,15)(H,16,17). The summed E-state index contributed by atoms with van der Waals surface area (Å²) in [5.74, 6) is -2.35. The van der Waals surface area contributed by atoms with Gasteiger partial charge in [-0.3, -0.25) is 9.59 Å². The molecule has 19 heavy (non-hydrogen) atoms. The van der Waals surface area contributed by atoms with E-state index in [1.165, 1.54) is 14.2 Å². The van der Waals surface area contributed by atoms with Gasteiger partial charge in [-0.25, -0.2) is 4.79 Å². The Bertz CT molecular complexity index is 320. The van der Waals surface area contributed by atoms with Crippen LogP contribution in [0.5, 0.6) is 0 Å². The number of carboxylic acids is 1. The fourth-order valence-corrected chi connectivity index (χ4v) is 1.28. The van der Waals surface area contributed by atoms with E-state index in [-0.39, 0.29) is 19.3 Å². The first-order valence-corrected chi connectivity index (χ1v) is 5.76. The molecule has 2 atom stereocenters. The van der Waals surface area contributed by atoms with E-state index in [4.69, 9.17) is 15.6 Å². The number of nitrogens with two attached hydrogens (primary N) is 1. The Morgan fingerprint density at radius 1 is 1.26 bits per heavy atom. The van der Waals surface area contributed by atoms with Gasteiger partial charge in [-0.2, -0.15) is 0 Å². The van der Waals surface area contributed by atoms with Crippen LogP contribution >= 0.6 is 0 Å². The number of carboxylic acid groups (broad SMARTS) is 1. The van der Waals surface area contributed by atoms with Crippen LogP contribution in [-0.2, 0) is 23.9 Å². The largest absolute Gasteiger partial charge is 0.480 e. The number of nitrogens with one attached hydrogen (secondary N) is 1. The van der Waals surface area contributed by atoms with Crippen LogP contribution in [-0.4, -0.2) is 55.9 Å². The first kappa shape index (κ1) is 17.3. The molecule has 0 aliphatic heterocycles. The summed E-state index contributed by atoms with van der Waals surface area (Å²) in [7, 11) is 2.68. The van der Waals surface area contributed by atoms with E-state index in [1.54, 1.807) is 0 Å². The predicted octanol–water partition coefficient (Wildman–Crippen LogP) is -1.13. The number of carbonyl (C=O) groups excluding carboxylic acids is 2. The molecule has 0 aromatic rings. The molecule has 0 heterocycles. The maximum Gasteiger partial charge on any atom is 0.326 e. The smallest absolute Gasteiger partial charge is 0.326 e. The van der Waals surface area contributed by atoms with E-state index in [9.17, 15) is 14.4 Å². The van der Waals surface area contributed by atoms with Crippen molar-refractivity contribution >= 4 is 17.8 Å². The molecule has 0 rings (SSSR count). The van der Waals surface area contributed by atoms with Crippen molar-refractivity contribution in [3.8, 4) is 0 Å². The van der Waals surface area contributed by atoms with Gasteiger partial charge in [0, 0.05) is 20.1 Å². The fraction of sp³-hybridized carbons (Fsp3) is 0.727. The summed E-state index contributed by atoms with van der Waals surface area (Å²) in [6.45, 7) is 0.300. The molecule has 110 valence electrons. The molecule has 8 nitrogen and oxygen atoms in total. The highest BCUT2D eigenvalue weighted by atomic mass is 16.5. The van der Waals surface area contributed by atoms with Crippen LogP contribution in [0.2, 0.25) is 0 Å². The number of rotatable bonds is 9. The van der Waals surface area contributed by atoms with Gasteiger partial charge >= 0.3 is 11.9 Å². The van der Waals surface area contributed by atoms with E-state index in [0.29, 0.717) is 6.61 Å². The molecule has 0 fully saturated rings. The minimum atomic E-state index is -1.23. The number of hydrogen-bond donors (Lipinski definition) is 3. The molecule has 0 aliphatic rings. The van der Waals surface area contributed by atoms with Crippen molar-refractivity contribution in [2.24, 2.45) is 5.73 Å². The van der Waals surface area contributed by atoms with E-state index >= 15 is 0 Å². The van der Waals surface area contributed by atoms with Gasteiger partial charge in [0.05, 0.1) is 13.2 Å². The average Bonchev–Trinajstić information content (AvgIpc) is 2.39. The summed E-state index contributed by atoms with van der Waals surface area (Å²) in [6, 6.07) is -2.01. The van der Waals surface area contributed by atoms with Crippen LogP contribution in [0.25, 0.3) is 0 Å². The molecular weight excluding hydrogens is 256 g/mol.